The minimum absolute atomic E-state index is 0.0161. The number of aliphatic hydroxyl groups is 1. The fourth-order valence-electron chi connectivity index (χ4n) is 3.90. The number of hydrogen-bond donors (Lipinski definition) is 6. The van der Waals surface area contributed by atoms with Gasteiger partial charge in [0.2, 0.25) is 0 Å². The van der Waals surface area contributed by atoms with E-state index in [2.05, 4.69) is 9.84 Å². The molecule has 0 aliphatic rings. The van der Waals surface area contributed by atoms with Crippen molar-refractivity contribution in [2.75, 3.05) is 204 Å². The molecule has 0 heterocycles. The molecule has 0 saturated carbocycles. The molecule has 66 heavy (non-hydrogen) atoms. The summed E-state index contributed by atoms with van der Waals surface area (Å²) < 4.78 is 140. The van der Waals surface area contributed by atoms with Crippen LogP contribution < -0.4 is 5.32 Å². The fourth-order valence-corrected chi connectivity index (χ4v) is 7.95. The summed E-state index contributed by atoms with van der Waals surface area (Å²) in [5.74, 6) is -0.261. The van der Waals surface area contributed by atoms with Gasteiger partial charge in [0.15, 0.2) is 0 Å². The summed E-state index contributed by atoms with van der Waals surface area (Å²) in [4.78, 5) is 38.7. The lowest BCUT2D eigenvalue weighted by atomic mass is 10.4. The molecule has 0 saturated heterocycles. The molecule has 6 N–H and O–H groups in total. The fraction of sp³-hybridized carbons (Fsp3) is 1.00. The van der Waals surface area contributed by atoms with Gasteiger partial charge in [-0.1, -0.05) is 21.6 Å². The number of phosphoric acid groups is 3. The Kier molecular flexibility index (Phi) is 46.0. The van der Waals surface area contributed by atoms with Gasteiger partial charge >= 0.3 is 31.1 Å². The Morgan fingerprint density at radius 2 is 0.727 bits per heavy atom. The predicted molar refractivity (Wildman–Crippen MR) is 236 cm³/mol. The van der Waals surface area contributed by atoms with Gasteiger partial charge in [-0.15, -0.1) is 0 Å². The molecule has 398 valence electrons. The zero-order valence-electron chi connectivity index (χ0n) is 37.4. The molecule has 5 unspecified atom stereocenters. The van der Waals surface area contributed by atoms with Gasteiger partial charge in [0, 0.05) is 6.66 Å². The Labute approximate surface area is 393 Å². The second-order valence-electron chi connectivity index (χ2n) is 12.2. The summed E-state index contributed by atoms with van der Waals surface area (Å²) in [5, 5.41) is 11.3. The van der Waals surface area contributed by atoms with E-state index in [9.17, 15) is 32.9 Å². The molecule has 0 spiro atoms. The molecule has 0 amide bonds. The summed E-state index contributed by atoms with van der Waals surface area (Å²) in [5.41, 5.74) is 0. The smallest absolute Gasteiger partial charge is 0.385 e. The number of aliphatic hydroxyl groups excluding tert-OH is 1. The van der Waals surface area contributed by atoms with E-state index in [0.29, 0.717) is 59.5 Å². The van der Waals surface area contributed by atoms with Gasteiger partial charge in [0.05, 0.1) is 184 Å². The van der Waals surface area contributed by atoms with Crippen LogP contribution in [0, 0.1) is 0 Å². The molecule has 0 aromatic heterocycles. The standard InChI is InChI=1S/C32H71NO27P4S2/c1-33-29-53-27-32(60-64(41,42)57-26-22-52-18-14-48-10-6-43-3-7-45-11-15-49-19-23-54-61(2,35)36)28-58-62(37,38)55-24-20-50-16-12-46-8-4-44-5-9-47-13-17-51-21-25-56-63(39,40)59-31-66-65-30-34/h32-34H,3-31H2,1-2H3,(H,35,36)(H,37,38)(H,39,40)(H,41,42). The van der Waals surface area contributed by atoms with Crippen molar-refractivity contribution in [2.45, 2.75) is 6.10 Å². The molecule has 0 aromatic rings. The molecule has 0 aliphatic carbocycles. The normalized spacial score (nSPS) is 16.2. The third-order valence-corrected chi connectivity index (χ3v) is 12.1. The van der Waals surface area contributed by atoms with Gasteiger partial charge in [-0.2, -0.15) is 0 Å². The number of ether oxygens (including phenoxy) is 11. The van der Waals surface area contributed by atoms with Crippen LogP contribution in [0.3, 0.4) is 0 Å². The minimum Gasteiger partial charge on any atom is -0.385 e. The Morgan fingerprint density at radius 1 is 0.409 bits per heavy atom. The third-order valence-electron chi connectivity index (χ3n) is 6.64. The SMILES string of the molecule is CNCOCC(COP(=O)(O)OCCOCCOCCOCCOCCOCCOP(=O)(O)OCSSCO)OP(=O)(O)OCCOCCOCCOCCOCCOCCOP(C)(=O)O. The van der Waals surface area contributed by atoms with Crippen molar-refractivity contribution in [3.63, 3.8) is 0 Å². The van der Waals surface area contributed by atoms with Crippen molar-refractivity contribution < 1.29 is 127 Å². The van der Waals surface area contributed by atoms with Crippen molar-refractivity contribution in [3.05, 3.63) is 0 Å². The van der Waals surface area contributed by atoms with Gasteiger partial charge in [-0.05, 0) is 7.05 Å². The molecule has 0 radical (unpaired) electrons. The van der Waals surface area contributed by atoms with E-state index >= 15 is 0 Å². The highest BCUT2D eigenvalue weighted by atomic mass is 33.1. The lowest BCUT2D eigenvalue weighted by Gasteiger charge is -2.22. The van der Waals surface area contributed by atoms with Crippen LogP contribution in [0.15, 0.2) is 0 Å². The second-order valence-corrected chi connectivity index (χ2v) is 20.7. The highest BCUT2D eigenvalue weighted by Gasteiger charge is 2.30. The van der Waals surface area contributed by atoms with E-state index in [4.69, 9.17) is 89.2 Å². The van der Waals surface area contributed by atoms with Gasteiger partial charge in [0.25, 0.3) is 0 Å². The Morgan fingerprint density at radius 3 is 1.06 bits per heavy atom. The van der Waals surface area contributed by atoms with Crippen molar-refractivity contribution in [1.82, 2.24) is 5.32 Å². The van der Waals surface area contributed by atoms with Crippen LogP contribution in [0.25, 0.3) is 0 Å². The van der Waals surface area contributed by atoms with Gasteiger partial charge in [0.1, 0.15) is 12.0 Å². The average Bonchev–Trinajstić information content (AvgIpc) is 3.25. The van der Waals surface area contributed by atoms with Crippen molar-refractivity contribution >= 4 is 52.7 Å². The molecular formula is C32H71NO27P4S2. The first-order chi connectivity index (χ1) is 31.6. The highest BCUT2D eigenvalue weighted by molar-refractivity contribution is 8.76. The van der Waals surface area contributed by atoms with Crippen LogP contribution in [0.2, 0.25) is 0 Å². The number of rotatable bonds is 54. The molecule has 0 aliphatic heterocycles. The van der Waals surface area contributed by atoms with E-state index in [1.54, 1.807) is 7.05 Å². The van der Waals surface area contributed by atoms with Gasteiger partial charge < -0.3 is 81.3 Å². The van der Waals surface area contributed by atoms with Crippen LogP contribution >= 0.6 is 52.7 Å². The van der Waals surface area contributed by atoms with Crippen molar-refractivity contribution in [2.24, 2.45) is 0 Å². The maximum atomic E-state index is 12.5. The Bertz CT molecular complexity index is 1290. The molecule has 0 aromatic carbocycles. The monoisotopic (exact) mass is 1090 g/mol. The van der Waals surface area contributed by atoms with Crippen LogP contribution in [0.4, 0.5) is 0 Å². The van der Waals surface area contributed by atoms with E-state index in [1.165, 1.54) is 0 Å². The molecule has 28 nitrogen and oxygen atoms in total. The molecule has 0 fully saturated rings. The number of phosphoric ester groups is 3. The first kappa shape index (κ1) is 66.7. The van der Waals surface area contributed by atoms with E-state index in [1.807, 2.05) is 0 Å². The first-order valence-corrected chi connectivity index (χ1v) is 29.3. The Balaban J connectivity index is 3.87. The predicted octanol–water partition coefficient (Wildman–Crippen LogP) is 1.24. The number of nitrogens with one attached hydrogen (secondary N) is 1. The van der Waals surface area contributed by atoms with Crippen LogP contribution in [-0.4, -0.2) is 235 Å². The topological polar surface area (TPSA) is 348 Å². The Hall–Kier alpha value is 0.660. The average molecular weight is 1090 g/mol. The summed E-state index contributed by atoms with van der Waals surface area (Å²) in [6.45, 7) is 3.97. The van der Waals surface area contributed by atoms with Crippen molar-refractivity contribution in [3.8, 4) is 0 Å². The maximum Gasteiger partial charge on any atom is 0.473 e. The summed E-state index contributed by atoms with van der Waals surface area (Å²) in [6, 6.07) is 0. The minimum atomic E-state index is -4.67. The molecular weight excluding hydrogens is 1020 g/mol. The zero-order valence-corrected chi connectivity index (χ0v) is 42.6. The van der Waals surface area contributed by atoms with E-state index in [-0.39, 0.29) is 124 Å². The number of hydrogen-bond acceptors (Lipinski definition) is 26. The summed E-state index contributed by atoms with van der Waals surface area (Å²) in [7, 11) is -13.2. The quantitative estimate of drug-likeness (QED) is 0.0216. The third kappa shape index (κ3) is 51.0. The van der Waals surface area contributed by atoms with Crippen LogP contribution in [-0.2, 0) is 102 Å². The zero-order chi connectivity index (χ0) is 48.9. The lowest BCUT2D eigenvalue weighted by molar-refractivity contribution is -0.0210. The largest absolute Gasteiger partial charge is 0.473 e. The van der Waals surface area contributed by atoms with Crippen molar-refractivity contribution in [1.29, 1.82) is 0 Å². The highest BCUT2D eigenvalue weighted by Crippen LogP contribution is 2.47. The first-order valence-electron chi connectivity index (χ1n) is 20.3. The maximum absolute atomic E-state index is 12.5. The molecule has 5 atom stereocenters. The second kappa shape index (κ2) is 45.5. The lowest BCUT2D eigenvalue weighted by Crippen LogP contribution is -2.27. The molecule has 0 bridgehead atoms. The van der Waals surface area contributed by atoms with E-state index in [0.717, 1.165) is 28.3 Å². The summed E-state index contributed by atoms with van der Waals surface area (Å²) >= 11 is 0. The summed E-state index contributed by atoms with van der Waals surface area (Å²) in [6.07, 6.45) is -1.30. The van der Waals surface area contributed by atoms with Gasteiger partial charge in [-0.3, -0.25) is 37.0 Å². The molecule has 34 heteroatoms. The van der Waals surface area contributed by atoms with Gasteiger partial charge in [-0.25, -0.2) is 13.7 Å². The van der Waals surface area contributed by atoms with E-state index < -0.39 is 43.8 Å². The van der Waals surface area contributed by atoms with Crippen LogP contribution in [0.1, 0.15) is 0 Å². The van der Waals surface area contributed by atoms with Crippen LogP contribution in [0.5, 0.6) is 0 Å². The molecule has 0 rings (SSSR count).